The van der Waals surface area contributed by atoms with E-state index in [0.29, 0.717) is 41.3 Å². The Morgan fingerprint density at radius 1 is 1.07 bits per heavy atom. The Morgan fingerprint density at radius 3 is 2.53 bits per heavy atom. The zero-order chi connectivity index (χ0) is 21.3. The number of sulfone groups is 1. The summed E-state index contributed by atoms with van der Waals surface area (Å²) in [7, 11) is -1.74. The number of aryl methyl sites for hydroxylation is 1. The van der Waals surface area contributed by atoms with Crippen molar-refractivity contribution in [1.29, 1.82) is 0 Å². The summed E-state index contributed by atoms with van der Waals surface area (Å²) < 4.78 is 34.5. The quantitative estimate of drug-likeness (QED) is 0.568. The summed E-state index contributed by atoms with van der Waals surface area (Å²) in [6.45, 7) is 2.31. The highest BCUT2D eigenvalue weighted by atomic mass is 32.2. The van der Waals surface area contributed by atoms with Crippen molar-refractivity contribution in [1.82, 2.24) is 19.9 Å². The summed E-state index contributed by atoms with van der Waals surface area (Å²) in [5.74, 6) is 2.52. The Balaban J connectivity index is 1.48. The second-order valence-electron chi connectivity index (χ2n) is 7.33. The molecule has 0 amide bonds. The molecule has 3 aromatic rings. The topological polar surface area (TPSA) is 104 Å². The van der Waals surface area contributed by atoms with E-state index in [9.17, 15) is 8.42 Å². The molecule has 1 aliphatic carbocycles. The normalized spacial score (nSPS) is 18.1. The van der Waals surface area contributed by atoms with Crippen molar-refractivity contribution in [3.05, 3.63) is 54.4 Å². The average molecular weight is 426 g/mol. The van der Waals surface area contributed by atoms with E-state index in [-0.39, 0.29) is 5.03 Å². The van der Waals surface area contributed by atoms with Gasteiger partial charge < -0.3 is 9.47 Å². The zero-order valence-electron chi connectivity index (χ0n) is 16.9. The van der Waals surface area contributed by atoms with Gasteiger partial charge in [-0.05, 0) is 37.6 Å². The summed E-state index contributed by atoms with van der Waals surface area (Å²) in [5, 5.41) is 0.0227. The largest absolute Gasteiger partial charge is 0.495 e. The molecule has 8 nitrogen and oxygen atoms in total. The molecule has 0 aliphatic heterocycles. The molecule has 30 heavy (non-hydrogen) atoms. The lowest BCUT2D eigenvalue weighted by Gasteiger charge is -2.11. The lowest BCUT2D eigenvalue weighted by Crippen LogP contribution is -2.06. The van der Waals surface area contributed by atoms with Crippen LogP contribution in [0.1, 0.15) is 23.9 Å². The molecule has 3 heterocycles. The highest BCUT2D eigenvalue weighted by Crippen LogP contribution is 2.47. The second kappa shape index (κ2) is 7.98. The Hall–Kier alpha value is -3.07. The van der Waals surface area contributed by atoms with Gasteiger partial charge in [0.05, 0.1) is 25.5 Å². The van der Waals surface area contributed by atoms with Crippen LogP contribution in [0.2, 0.25) is 0 Å². The fraction of sp³-hybridized carbons (Fsp3) is 0.333. The Labute approximate surface area is 175 Å². The van der Waals surface area contributed by atoms with Crippen LogP contribution >= 0.6 is 0 Å². The van der Waals surface area contributed by atoms with Gasteiger partial charge in [-0.1, -0.05) is 0 Å². The maximum atomic E-state index is 11.6. The van der Waals surface area contributed by atoms with Crippen LogP contribution in [0.25, 0.3) is 11.1 Å². The standard InChI is InChI=1S/C21H22N4O4S/c1-13-22-11-18(14-4-7-20(24-9-14)30(3,26)27)21(25-13)29-12-15-8-17(15)19-6-5-16(28-2)10-23-19/h4-7,9-11,15,17H,8,12H2,1-3H3. The SMILES string of the molecule is COc1ccc(C2CC2COc2nc(C)ncc2-c2ccc(S(C)(=O)=O)nc2)nc1. The van der Waals surface area contributed by atoms with Gasteiger partial charge in [-0.15, -0.1) is 0 Å². The lowest BCUT2D eigenvalue weighted by atomic mass is 10.1. The smallest absolute Gasteiger partial charge is 0.224 e. The summed E-state index contributed by atoms with van der Waals surface area (Å²) in [6, 6.07) is 7.06. The third kappa shape index (κ3) is 4.40. The molecule has 0 N–H and O–H groups in total. The monoisotopic (exact) mass is 426 g/mol. The minimum absolute atomic E-state index is 0.0227. The number of ether oxygens (including phenoxy) is 2. The molecule has 4 rings (SSSR count). The molecule has 9 heteroatoms. The van der Waals surface area contributed by atoms with E-state index >= 15 is 0 Å². The first-order valence-corrected chi connectivity index (χ1v) is 11.4. The Morgan fingerprint density at radius 2 is 1.90 bits per heavy atom. The number of rotatable bonds is 7. The molecule has 1 fully saturated rings. The Kier molecular flexibility index (Phi) is 5.38. The van der Waals surface area contributed by atoms with E-state index in [1.54, 1.807) is 32.5 Å². The summed E-state index contributed by atoms with van der Waals surface area (Å²) >= 11 is 0. The molecule has 0 radical (unpaired) electrons. The molecule has 1 saturated carbocycles. The third-order valence-corrected chi connectivity index (χ3v) is 6.03. The molecule has 156 valence electrons. The van der Waals surface area contributed by atoms with Crippen LogP contribution in [0.15, 0.2) is 47.9 Å². The van der Waals surface area contributed by atoms with Crippen molar-refractivity contribution >= 4 is 9.84 Å². The molecule has 0 saturated heterocycles. The molecule has 1 aliphatic rings. The number of nitrogens with zero attached hydrogens (tertiary/aromatic N) is 4. The van der Waals surface area contributed by atoms with Gasteiger partial charge in [0.15, 0.2) is 14.9 Å². The molecular formula is C21H22N4O4S. The van der Waals surface area contributed by atoms with E-state index in [4.69, 9.17) is 9.47 Å². The van der Waals surface area contributed by atoms with Crippen LogP contribution in [0, 0.1) is 12.8 Å². The van der Waals surface area contributed by atoms with Crippen LogP contribution in [0.3, 0.4) is 0 Å². The first-order chi connectivity index (χ1) is 14.3. The molecule has 2 atom stereocenters. The summed E-state index contributed by atoms with van der Waals surface area (Å²) in [4.78, 5) is 17.2. The predicted octanol–water partition coefficient (Wildman–Crippen LogP) is 2.84. The first kappa shape index (κ1) is 20.2. The van der Waals surface area contributed by atoms with Gasteiger partial charge in [0, 0.05) is 41.7 Å². The number of aromatic nitrogens is 4. The predicted molar refractivity (Wildman–Crippen MR) is 110 cm³/mol. The first-order valence-electron chi connectivity index (χ1n) is 9.48. The molecule has 2 unspecified atom stereocenters. The summed E-state index contributed by atoms with van der Waals surface area (Å²) in [5.41, 5.74) is 2.40. The van der Waals surface area contributed by atoms with Gasteiger partial charge in [0.1, 0.15) is 11.6 Å². The van der Waals surface area contributed by atoms with Gasteiger partial charge >= 0.3 is 0 Å². The van der Waals surface area contributed by atoms with Gasteiger partial charge in [-0.25, -0.2) is 18.4 Å². The van der Waals surface area contributed by atoms with E-state index in [0.717, 1.165) is 24.1 Å². The van der Waals surface area contributed by atoms with Crippen molar-refractivity contribution in [2.75, 3.05) is 20.0 Å². The second-order valence-corrected chi connectivity index (χ2v) is 9.29. The Bertz CT molecular complexity index is 1150. The maximum absolute atomic E-state index is 11.6. The van der Waals surface area contributed by atoms with Crippen molar-refractivity contribution in [2.24, 2.45) is 5.92 Å². The average Bonchev–Trinajstić information content (AvgIpc) is 3.51. The van der Waals surface area contributed by atoms with Crippen LogP contribution in [0.5, 0.6) is 11.6 Å². The van der Waals surface area contributed by atoms with Gasteiger partial charge in [-0.3, -0.25) is 4.98 Å². The fourth-order valence-electron chi connectivity index (χ4n) is 3.23. The molecular weight excluding hydrogens is 404 g/mol. The van der Waals surface area contributed by atoms with Crippen LogP contribution in [-0.4, -0.2) is 48.3 Å². The molecule has 0 spiro atoms. The number of hydrogen-bond donors (Lipinski definition) is 0. The lowest BCUT2D eigenvalue weighted by molar-refractivity contribution is 0.285. The third-order valence-electron chi connectivity index (χ3n) is 5.03. The molecule has 3 aromatic heterocycles. The minimum Gasteiger partial charge on any atom is -0.495 e. The van der Waals surface area contributed by atoms with E-state index in [1.807, 2.05) is 12.1 Å². The van der Waals surface area contributed by atoms with Crippen molar-refractivity contribution in [2.45, 2.75) is 24.3 Å². The van der Waals surface area contributed by atoms with Crippen LogP contribution in [-0.2, 0) is 9.84 Å². The minimum atomic E-state index is -3.36. The fourth-order valence-corrected chi connectivity index (χ4v) is 3.79. The van der Waals surface area contributed by atoms with Crippen molar-refractivity contribution < 1.29 is 17.9 Å². The zero-order valence-corrected chi connectivity index (χ0v) is 17.8. The van der Waals surface area contributed by atoms with Gasteiger partial charge in [0.25, 0.3) is 0 Å². The highest BCUT2D eigenvalue weighted by molar-refractivity contribution is 7.90. The van der Waals surface area contributed by atoms with Gasteiger partial charge in [0.2, 0.25) is 5.88 Å². The summed E-state index contributed by atoms with van der Waals surface area (Å²) in [6.07, 6.45) is 7.03. The van der Waals surface area contributed by atoms with E-state index in [1.165, 1.54) is 12.3 Å². The maximum Gasteiger partial charge on any atom is 0.224 e. The van der Waals surface area contributed by atoms with E-state index < -0.39 is 9.84 Å². The molecule has 0 bridgehead atoms. The van der Waals surface area contributed by atoms with Crippen LogP contribution in [0.4, 0.5) is 0 Å². The number of hydrogen-bond acceptors (Lipinski definition) is 8. The van der Waals surface area contributed by atoms with Crippen molar-refractivity contribution in [3.63, 3.8) is 0 Å². The number of methoxy groups -OCH3 is 1. The van der Waals surface area contributed by atoms with Crippen LogP contribution < -0.4 is 9.47 Å². The highest BCUT2D eigenvalue weighted by Gasteiger charge is 2.40. The number of pyridine rings is 2. The van der Waals surface area contributed by atoms with Gasteiger partial charge in [-0.2, -0.15) is 4.98 Å². The molecule has 0 aromatic carbocycles. The van der Waals surface area contributed by atoms with Crippen molar-refractivity contribution in [3.8, 4) is 22.8 Å². The van der Waals surface area contributed by atoms with E-state index in [2.05, 4.69) is 19.9 Å².